The first-order valence-corrected chi connectivity index (χ1v) is 7.45. The number of hydrogen-bond donors (Lipinski definition) is 3. The molecule has 1 aliphatic rings. The fourth-order valence-corrected chi connectivity index (χ4v) is 2.99. The number of nitrogens with two attached hydrogens (primary N) is 1. The second-order valence-corrected chi connectivity index (χ2v) is 5.55. The number of amides is 1. The van der Waals surface area contributed by atoms with E-state index in [0.717, 1.165) is 43.4 Å². The standard InChI is InChI=1S/C16H24N2O2/c17-11-13-6-2-8-15(13)16(20)18-14-7-1-4-12(10-14)5-3-9-19/h1,4,7,10,13,15,19H,2-3,5-6,8-9,11,17H2,(H,18,20). The third kappa shape index (κ3) is 3.81. The van der Waals surface area contributed by atoms with Crippen molar-refractivity contribution in [3.8, 4) is 0 Å². The maximum absolute atomic E-state index is 12.3. The molecular weight excluding hydrogens is 252 g/mol. The molecular formula is C16H24N2O2. The van der Waals surface area contributed by atoms with Crippen LogP contribution in [0.3, 0.4) is 0 Å². The average Bonchev–Trinajstić information content (AvgIpc) is 2.94. The Hall–Kier alpha value is -1.39. The summed E-state index contributed by atoms with van der Waals surface area (Å²) in [7, 11) is 0. The minimum Gasteiger partial charge on any atom is -0.396 e. The molecule has 2 rings (SSSR count). The minimum atomic E-state index is 0.0566. The van der Waals surface area contributed by atoms with E-state index in [4.69, 9.17) is 10.8 Å². The van der Waals surface area contributed by atoms with Crippen LogP contribution in [0.15, 0.2) is 24.3 Å². The SMILES string of the molecule is NCC1CCCC1C(=O)Nc1cccc(CCCO)c1. The van der Waals surface area contributed by atoms with E-state index in [-0.39, 0.29) is 18.4 Å². The number of anilines is 1. The Kier molecular flexibility index (Phi) is 5.56. The maximum atomic E-state index is 12.3. The molecule has 1 saturated carbocycles. The van der Waals surface area contributed by atoms with Gasteiger partial charge in [0.1, 0.15) is 0 Å². The van der Waals surface area contributed by atoms with Crippen LogP contribution in [0, 0.1) is 11.8 Å². The van der Waals surface area contributed by atoms with Gasteiger partial charge in [0.2, 0.25) is 5.91 Å². The highest BCUT2D eigenvalue weighted by Crippen LogP contribution is 2.31. The Balaban J connectivity index is 1.97. The van der Waals surface area contributed by atoms with Crippen molar-refractivity contribution in [1.82, 2.24) is 0 Å². The lowest BCUT2D eigenvalue weighted by molar-refractivity contribution is -0.120. The summed E-state index contributed by atoms with van der Waals surface area (Å²) < 4.78 is 0. The normalized spacial score (nSPS) is 21.9. The fraction of sp³-hybridized carbons (Fsp3) is 0.562. The Labute approximate surface area is 120 Å². The Morgan fingerprint density at radius 1 is 1.40 bits per heavy atom. The summed E-state index contributed by atoms with van der Waals surface area (Å²) in [5.74, 6) is 0.478. The number of carbonyl (C=O) groups excluding carboxylic acids is 1. The van der Waals surface area contributed by atoms with Gasteiger partial charge in [-0.15, -0.1) is 0 Å². The van der Waals surface area contributed by atoms with E-state index >= 15 is 0 Å². The molecule has 0 bridgehead atoms. The first kappa shape index (κ1) is 15.0. The molecule has 0 radical (unpaired) electrons. The van der Waals surface area contributed by atoms with Gasteiger partial charge in [-0.3, -0.25) is 4.79 Å². The van der Waals surface area contributed by atoms with Crippen molar-refractivity contribution in [2.24, 2.45) is 17.6 Å². The maximum Gasteiger partial charge on any atom is 0.227 e. The average molecular weight is 276 g/mol. The predicted octanol–water partition coefficient (Wildman–Crippen LogP) is 1.93. The van der Waals surface area contributed by atoms with Gasteiger partial charge in [-0.2, -0.15) is 0 Å². The first-order valence-electron chi connectivity index (χ1n) is 7.45. The molecule has 1 fully saturated rings. The summed E-state index contributed by atoms with van der Waals surface area (Å²) in [6, 6.07) is 7.85. The summed E-state index contributed by atoms with van der Waals surface area (Å²) in [6.45, 7) is 0.783. The topological polar surface area (TPSA) is 75.4 Å². The van der Waals surface area contributed by atoms with Crippen molar-refractivity contribution in [3.05, 3.63) is 29.8 Å². The molecule has 1 amide bonds. The van der Waals surface area contributed by atoms with Crippen LogP contribution in [0.25, 0.3) is 0 Å². The summed E-state index contributed by atoms with van der Waals surface area (Å²) in [4.78, 5) is 12.3. The van der Waals surface area contributed by atoms with Crippen LogP contribution in [0.4, 0.5) is 5.69 Å². The van der Waals surface area contributed by atoms with Crippen molar-refractivity contribution in [1.29, 1.82) is 0 Å². The van der Waals surface area contributed by atoms with Gasteiger partial charge in [-0.25, -0.2) is 0 Å². The Morgan fingerprint density at radius 2 is 2.25 bits per heavy atom. The van der Waals surface area contributed by atoms with Crippen LogP contribution in [0.2, 0.25) is 0 Å². The highest BCUT2D eigenvalue weighted by molar-refractivity contribution is 5.93. The first-order chi connectivity index (χ1) is 9.74. The van der Waals surface area contributed by atoms with Gasteiger partial charge in [0.05, 0.1) is 0 Å². The third-order valence-corrected chi connectivity index (χ3v) is 4.12. The van der Waals surface area contributed by atoms with Crippen LogP contribution >= 0.6 is 0 Å². The molecule has 1 aliphatic carbocycles. The highest BCUT2D eigenvalue weighted by atomic mass is 16.2. The number of benzene rings is 1. The molecule has 110 valence electrons. The van der Waals surface area contributed by atoms with Crippen LogP contribution in [0.1, 0.15) is 31.2 Å². The number of nitrogens with one attached hydrogen (secondary N) is 1. The summed E-state index contributed by atoms with van der Waals surface area (Å²) >= 11 is 0. The van der Waals surface area contributed by atoms with Crippen molar-refractivity contribution < 1.29 is 9.90 Å². The molecule has 2 unspecified atom stereocenters. The van der Waals surface area contributed by atoms with E-state index in [2.05, 4.69) is 5.32 Å². The van der Waals surface area contributed by atoms with Gasteiger partial charge in [0, 0.05) is 18.2 Å². The third-order valence-electron chi connectivity index (χ3n) is 4.12. The monoisotopic (exact) mass is 276 g/mol. The van der Waals surface area contributed by atoms with Gasteiger partial charge in [-0.1, -0.05) is 18.6 Å². The quantitative estimate of drug-likeness (QED) is 0.743. The van der Waals surface area contributed by atoms with E-state index in [1.54, 1.807) is 0 Å². The van der Waals surface area contributed by atoms with Gasteiger partial charge in [-0.05, 0) is 55.8 Å². The van der Waals surface area contributed by atoms with Gasteiger partial charge in [0.15, 0.2) is 0 Å². The fourth-order valence-electron chi connectivity index (χ4n) is 2.99. The summed E-state index contributed by atoms with van der Waals surface area (Å²) in [6.07, 6.45) is 4.67. The largest absolute Gasteiger partial charge is 0.396 e. The summed E-state index contributed by atoms with van der Waals surface area (Å²) in [5.41, 5.74) is 7.71. The molecule has 1 aromatic carbocycles. The number of aliphatic hydroxyl groups is 1. The molecule has 4 N–H and O–H groups in total. The highest BCUT2D eigenvalue weighted by Gasteiger charge is 2.31. The lowest BCUT2D eigenvalue weighted by atomic mass is 9.95. The smallest absolute Gasteiger partial charge is 0.227 e. The molecule has 0 spiro atoms. The van der Waals surface area contributed by atoms with Crippen molar-refractivity contribution in [3.63, 3.8) is 0 Å². The zero-order chi connectivity index (χ0) is 14.4. The predicted molar refractivity (Wildman–Crippen MR) is 80.4 cm³/mol. The lowest BCUT2D eigenvalue weighted by Gasteiger charge is -2.17. The lowest BCUT2D eigenvalue weighted by Crippen LogP contribution is -2.29. The van der Waals surface area contributed by atoms with E-state index in [1.807, 2.05) is 24.3 Å². The van der Waals surface area contributed by atoms with Gasteiger partial charge < -0.3 is 16.2 Å². The van der Waals surface area contributed by atoms with Crippen LogP contribution in [-0.2, 0) is 11.2 Å². The van der Waals surface area contributed by atoms with Crippen molar-refractivity contribution in [2.75, 3.05) is 18.5 Å². The van der Waals surface area contributed by atoms with Gasteiger partial charge in [0.25, 0.3) is 0 Å². The second-order valence-electron chi connectivity index (χ2n) is 5.55. The molecule has 2 atom stereocenters. The van der Waals surface area contributed by atoms with Crippen LogP contribution < -0.4 is 11.1 Å². The van der Waals surface area contributed by atoms with E-state index in [1.165, 1.54) is 0 Å². The second kappa shape index (κ2) is 7.41. The molecule has 1 aromatic rings. The number of carbonyl (C=O) groups is 1. The van der Waals surface area contributed by atoms with E-state index < -0.39 is 0 Å². The molecule has 4 heteroatoms. The van der Waals surface area contributed by atoms with E-state index in [0.29, 0.717) is 12.5 Å². The molecule has 0 saturated heterocycles. The van der Waals surface area contributed by atoms with Crippen molar-refractivity contribution >= 4 is 11.6 Å². The van der Waals surface area contributed by atoms with Crippen LogP contribution in [0.5, 0.6) is 0 Å². The van der Waals surface area contributed by atoms with Gasteiger partial charge >= 0.3 is 0 Å². The molecule has 20 heavy (non-hydrogen) atoms. The van der Waals surface area contributed by atoms with Crippen molar-refractivity contribution in [2.45, 2.75) is 32.1 Å². The molecule has 0 aliphatic heterocycles. The zero-order valence-corrected chi connectivity index (χ0v) is 11.8. The molecule has 0 heterocycles. The minimum absolute atomic E-state index is 0.0566. The van der Waals surface area contributed by atoms with Crippen LogP contribution in [-0.4, -0.2) is 24.2 Å². The number of aliphatic hydroxyl groups excluding tert-OH is 1. The molecule has 4 nitrogen and oxygen atoms in total. The Bertz CT molecular complexity index is 448. The number of aryl methyl sites for hydroxylation is 1. The van der Waals surface area contributed by atoms with E-state index in [9.17, 15) is 4.79 Å². The summed E-state index contributed by atoms with van der Waals surface area (Å²) in [5, 5.41) is 11.9. The molecule has 0 aromatic heterocycles. The Morgan fingerprint density at radius 3 is 3.00 bits per heavy atom. The number of hydrogen-bond acceptors (Lipinski definition) is 3. The zero-order valence-electron chi connectivity index (χ0n) is 11.8. The number of rotatable bonds is 6.